The second-order valence-corrected chi connectivity index (χ2v) is 4.48. The number of nitrogens with one attached hydrogen (secondary N) is 2. The Morgan fingerprint density at radius 2 is 2.05 bits per heavy atom. The molecule has 0 atom stereocenters. The van der Waals surface area contributed by atoms with Gasteiger partial charge in [-0.1, -0.05) is 18.5 Å². The fourth-order valence-corrected chi connectivity index (χ4v) is 1.50. The number of urea groups is 1. The zero-order valence-electron chi connectivity index (χ0n) is 11.3. The summed E-state index contributed by atoms with van der Waals surface area (Å²) in [7, 11) is 0. The second-order valence-electron chi connectivity index (χ2n) is 4.04. The van der Waals surface area contributed by atoms with Crippen molar-refractivity contribution in [3.63, 3.8) is 0 Å². The van der Waals surface area contributed by atoms with Crippen LogP contribution in [0, 0.1) is 0 Å². The lowest BCUT2D eigenvalue weighted by Gasteiger charge is -2.07. The van der Waals surface area contributed by atoms with Gasteiger partial charge in [0.2, 0.25) is 0 Å². The van der Waals surface area contributed by atoms with Crippen LogP contribution in [0.4, 0.5) is 4.79 Å². The number of phenols is 1. The number of hydrogen-bond donors (Lipinski definition) is 3. The van der Waals surface area contributed by atoms with Crippen molar-refractivity contribution in [1.82, 2.24) is 10.6 Å². The lowest BCUT2D eigenvalue weighted by atomic mass is 10.2. The van der Waals surface area contributed by atoms with Crippen LogP contribution in [0.2, 0.25) is 5.02 Å². The lowest BCUT2D eigenvalue weighted by Crippen LogP contribution is -2.41. The molecule has 0 saturated heterocycles. The van der Waals surface area contributed by atoms with Gasteiger partial charge in [0.05, 0.1) is 0 Å². The van der Waals surface area contributed by atoms with Gasteiger partial charge in [0.25, 0.3) is 5.91 Å². The number of ether oxygens (including phenoxy) is 1. The summed E-state index contributed by atoms with van der Waals surface area (Å²) in [5.74, 6) is -2.01. The molecule has 0 aromatic heterocycles. The largest absolute Gasteiger partial charge is 0.507 e. The van der Waals surface area contributed by atoms with Crippen molar-refractivity contribution >= 4 is 29.5 Å². The molecule has 8 heteroatoms. The summed E-state index contributed by atoms with van der Waals surface area (Å²) in [5.41, 5.74) is -0.161. The van der Waals surface area contributed by atoms with Gasteiger partial charge in [0.15, 0.2) is 6.61 Å². The molecule has 1 aromatic rings. The number of carbonyl (C=O) groups is 3. The predicted molar refractivity (Wildman–Crippen MR) is 75.2 cm³/mol. The van der Waals surface area contributed by atoms with Crippen LogP contribution in [0.25, 0.3) is 0 Å². The van der Waals surface area contributed by atoms with Gasteiger partial charge >= 0.3 is 12.0 Å². The fourth-order valence-electron chi connectivity index (χ4n) is 1.33. The maximum Gasteiger partial charge on any atom is 0.342 e. The van der Waals surface area contributed by atoms with Crippen LogP contribution in [0.5, 0.6) is 5.75 Å². The predicted octanol–water partition coefficient (Wildman–Crippen LogP) is 1.44. The summed E-state index contributed by atoms with van der Waals surface area (Å²) in [6.45, 7) is 1.64. The molecular weight excluding hydrogens is 300 g/mol. The molecule has 0 radical (unpaired) electrons. The fraction of sp³-hybridized carbons (Fsp3) is 0.308. The first kappa shape index (κ1) is 16.8. The summed E-state index contributed by atoms with van der Waals surface area (Å²) in [4.78, 5) is 34.2. The number of hydrogen-bond acceptors (Lipinski definition) is 5. The van der Waals surface area contributed by atoms with Crippen molar-refractivity contribution in [2.75, 3.05) is 13.2 Å². The van der Waals surface area contributed by atoms with Crippen LogP contribution in [0.15, 0.2) is 18.2 Å². The van der Waals surface area contributed by atoms with Gasteiger partial charge in [-0.15, -0.1) is 0 Å². The Labute approximate surface area is 126 Å². The standard InChI is InChI=1S/C13H15ClN2O5/c1-2-5-15-13(20)16-11(18)7-21-12(19)9-6-8(14)3-4-10(9)17/h3-4,6,17H,2,5,7H2,1H3,(H2,15,16,18,20). The number of esters is 1. The molecule has 1 rings (SSSR count). The molecule has 1 aromatic carbocycles. The number of imide groups is 1. The number of halogens is 1. The van der Waals surface area contributed by atoms with Crippen molar-refractivity contribution in [2.24, 2.45) is 0 Å². The Bertz CT molecular complexity index is 547. The molecule has 0 fully saturated rings. The molecule has 3 amide bonds. The van der Waals surface area contributed by atoms with Crippen LogP contribution < -0.4 is 10.6 Å². The quantitative estimate of drug-likeness (QED) is 0.713. The van der Waals surface area contributed by atoms with E-state index >= 15 is 0 Å². The van der Waals surface area contributed by atoms with Gasteiger partial charge in [0.1, 0.15) is 11.3 Å². The van der Waals surface area contributed by atoms with E-state index in [1.807, 2.05) is 12.2 Å². The normalized spacial score (nSPS) is 9.81. The highest BCUT2D eigenvalue weighted by Crippen LogP contribution is 2.22. The minimum absolute atomic E-state index is 0.161. The Kier molecular flexibility index (Phi) is 6.48. The van der Waals surface area contributed by atoms with Crippen molar-refractivity contribution < 1.29 is 24.2 Å². The van der Waals surface area contributed by atoms with Crippen LogP contribution in [0.3, 0.4) is 0 Å². The van der Waals surface area contributed by atoms with Crippen LogP contribution in [0.1, 0.15) is 23.7 Å². The number of benzene rings is 1. The average Bonchev–Trinajstić information content (AvgIpc) is 2.45. The molecule has 0 saturated carbocycles. The highest BCUT2D eigenvalue weighted by atomic mass is 35.5. The van der Waals surface area contributed by atoms with Gasteiger partial charge in [-0.2, -0.15) is 0 Å². The third-order valence-electron chi connectivity index (χ3n) is 2.30. The van der Waals surface area contributed by atoms with E-state index in [1.54, 1.807) is 0 Å². The summed E-state index contributed by atoms with van der Waals surface area (Å²) >= 11 is 5.69. The van der Waals surface area contributed by atoms with Gasteiger partial charge in [-0.3, -0.25) is 10.1 Å². The number of amides is 3. The van der Waals surface area contributed by atoms with E-state index in [0.29, 0.717) is 6.54 Å². The van der Waals surface area contributed by atoms with Gasteiger partial charge in [0, 0.05) is 11.6 Å². The molecule has 0 bridgehead atoms. The minimum Gasteiger partial charge on any atom is -0.507 e. The monoisotopic (exact) mass is 314 g/mol. The van der Waals surface area contributed by atoms with E-state index in [2.05, 4.69) is 10.1 Å². The van der Waals surface area contributed by atoms with Crippen molar-refractivity contribution in [3.8, 4) is 5.75 Å². The molecular formula is C13H15ClN2O5. The second kappa shape index (κ2) is 8.11. The van der Waals surface area contributed by atoms with Crippen LogP contribution in [-0.4, -0.2) is 36.2 Å². The van der Waals surface area contributed by atoms with E-state index in [1.165, 1.54) is 18.2 Å². The zero-order chi connectivity index (χ0) is 15.8. The van der Waals surface area contributed by atoms with E-state index in [0.717, 1.165) is 6.42 Å². The lowest BCUT2D eigenvalue weighted by molar-refractivity contribution is -0.123. The molecule has 0 unspecified atom stereocenters. The summed E-state index contributed by atoms with van der Waals surface area (Å²) < 4.78 is 4.68. The molecule has 0 heterocycles. The number of phenolic OH excluding ortho intramolecular Hbond substituents is 1. The molecule has 3 N–H and O–H groups in total. The Balaban J connectivity index is 2.47. The van der Waals surface area contributed by atoms with Crippen LogP contribution in [-0.2, 0) is 9.53 Å². The van der Waals surface area contributed by atoms with E-state index < -0.39 is 24.5 Å². The SMILES string of the molecule is CCCNC(=O)NC(=O)COC(=O)c1cc(Cl)ccc1O. The third-order valence-corrected chi connectivity index (χ3v) is 2.54. The third kappa shape index (κ3) is 5.70. The first-order valence-corrected chi connectivity index (χ1v) is 6.55. The molecule has 0 aliphatic heterocycles. The average molecular weight is 315 g/mol. The Morgan fingerprint density at radius 1 is 1.33 bits per heavy atom. The smallest absolute Gasteiger partial charge is 0.342 e. The maximum absolute atomic E-state index is 11.7. The zero-order valence-corrected chi connectivity index (χ0v) is 12.1. The maximum atomic E-state index is 11.7. The molecule has 21 heavy (non-hydrogen) atoms. The highest BCUT2D eigenvalue weighted by Gasteiger charge is 2.15. The first-order chi connectivity index (χ1) is 9.93. The summed E-state index contributed by atoms with van der Waals surface area (Å²) in [6, 6.07) is 3.18. The number of carbonyl (C=O) groups excluding carboxylic acids is 3. The van der Waals surface area contributed by atoms with E-state index in [-0.39, 0.29) is 16.3 Å². The molecule has 0 aliphatic carbocycles. The molecule has 114 valence electrons. The first-order valence-electron chi connectivity index (χ1n) is 6.17. The minimum atomic E-state index is -0.917. The Hall–Kier alpha value is -2.28. The van der Waals surface area contributed by atoms with Gasteiger partial charge < -0.3 is 15.2 Å². The number of rotatable bonds is 5. The summed E-state index contributed by atoms with van der Waals surface area (Å²) in [6.07, 6.45) is 0.727. The van der Waals surface area contributed by atoms with Crippen LogP contribution >= 0.6 is 11.6 Å². The van der Waals surface area contributed by atoms with Gasteiger partial charge in [-0.25, -0.2) is 9.59 Å². The van der Waals surface area contributed by atoms with Gasteiger partial charge in [-0.05, 0) is 24.6 Å². The summed E-state index contributed by atoms with van der Waals surface area (Å²) in [5, 5.41) is 14.2. The highest BCUT2D eigenvalue weighted by molar-refractivity contribution is 6.31. The van der Waals surface area contributed by atoms with Crippen molar-refractivity contribution in [1.29, 1.82) is 0 Å². The van der Waals surface area contributed by atoms with E-state index in [4.69, 9.17) is 11.6 Å². The number of aromatic hydroxyl groups is 1. The van der Waals surface area contributed by atoms with Crippen molar-refractivity contribution in [3.05, 3.63) is 28.8 Å². The Morgan fingerprint density at radius 3 is 2.71 bits per heavy atom. The molecule has 7 nitrogen and oxygen atoms in total. The van der Waals surface area contributed by atoms with Crippen molar-refractivity contribution in [2.45, 2.75) is 13.3 Å². The van der Waals surface area contributed by atoms with E-state index in [9.17, 15) is 19.5 Å². The molecule has 0 aliphatic rings. The molecule has 0 spiro atoms. The topological polar surface area (TPSA) is 105 Å².